The van der Waals surface area contributed by atoms with Gasteiger partial charge in [-0.1, -0.05) is 23.4 Å². The van der Waals surface area contributed by atoms with E-state index >= 15 is 0 Å². The number of fused-ring (bicyclic) bond motifs is 1. The van der Waals surface area contributed by atoms with Crippen molar-refractivity contribution in [3.05, 3.63) is 47.5 Å². The smallest absolute Gasteiger partial charge is 0.261 e. The lowest BCUT2D eigenvalue weighted by molar-refractivity contribution is -0.119. The molecular formula is C20H20ClN3O4S3. The lowest BCUT2D eigenvalue weighted by Gasteiger charge is -2.09. The summed E-state index contributed by atoms with van der Waals surface area (Å²) in [7, 11) is -3.72. The predicted octanol–water partition coefficient (Wildman–Crippen LogP) is 4.14. The van der Waals surface area contributed by atoms with Gasteiger partial charge in [-0.3, -0.25) is 9.52 Å². The fraction of sp³-hybridized carbons (Fsp3) is 0.300. The van der Waals surface area contributed by atoms with Crippen LogP contribution in [0.25, 0.3) is 10.2 Å². The Morgan fingerprint density at radius 3 is 2.81 bits per heavy atom. The number of carbonyl (C=O) groups excluding carboxylic acids is 1. The van der Waals surface area contributed by atoms with Gasteiger partial charge < -0.3 is 10.1 Å². The number of nitrogens with zero attached hydrogens (tertiary/aromatic N) is 1. The summed E-state index contributed by atoms with van der Waals surface area (Å²) in [5.41, 5.74) is 1.19. The van der Waals surface area contributed by atoms with Crippen molar-refractivity contribution < 1.29 is 17.9 Å². The maximum absolute atomic E-state index is 12.6. The van der Waals surface area contributed by atoms with E-state index < -0.39 is 10.0 Å². The molecule has 2 heterocycles. The second-order valence-corrected chi connectivity index (χ2v) is 11.3. The zero-order valence-electron chi connectivity index (χ0n) is 16.3. The molecule has 1 unspecified atom stereocenters. The Morgan fingerprint density at radius 2 is 2.06 bits per heavy atom. The lowest BCUT2D eigenvalue weighted by Crippen LogP contribution is -2.32. The summed E-state index contributed by atoms with van der Waals surface area (Å²) in [6, 6.07) is 11.1. The van der Waals surface area contributed by atoms with Crippen LogP contribution in [0.1, 0.15) is 12.8 Å². The molecule has 0 aliphatic carbocycles. The number of thiazole rings is 1. The maximum Gasteiger partial charge on any atom is 0.261 e. The first kappa shape index (κ1) is 22.3. The highest BCUT2D eigenvalue weighted by atomic mass is 35.5. The zero-order chi connectivity index (χ0) is 21.8. The monoisotopic (exact) mass is 497 g/mol. The van der Waals surface area contributed by atoms with Crippen LogP contribution >= 0.6 is 34.7 Å². The molecule has 1 aliphatic heterocycles. The minimum absolute atomic E-state index is 0.0591. The van der Waals surface area contributed by atoms with Crippen molar-refractivity contribution >= 4 is 66.5 Å². The number of thioether (sulfide) groups is 1. The van der Waals surface area contributed by atoms with Crippen LogP contribution in [0.2, 0.25) is 5.02 Å². The molecule has 2 aromatic carbocycles. The van der Waals surface area contributed by atoms with E-state index in [2.05, 4.69) is 15.0 Å². The Balaban J connectivity index is 1.37. The van der Waals surface area contributed by atoms with Crippen molar-refractivity contribution in [2.24, 2.45) is 0 Å². The number of nitrogens with one attached hydrogen (secondary N) is 2. The number of amides is 1. The first-order valence-electron chi connectivity index (χ1n) is 9.59. The van der Waals surface area contributed by atoms with Gasteiger partial charge in [0.2, 0.25) is 5.91 Å². The molecule has 1 saturated heterocycles. The van der Waals surface area contributed by atoms with Gasteiger partial charge in [0.05, 0.1) is 32.7 Å². The Morgan fingerprint density at radius 1 is 1.26 bits per heavy atom. The fourth-order valence-corrected chi connectivity index (χ4v) is 6.18. The van der Waals surface area contributed by atoms with E-state index in [1.54, 1.807) is 18.2 Å². The summed E-state index contributed by atoms with van der Waals surface area (Å²) in [5.74, 6) is 0.207. The van der Waals surface area contributed by atoms with Gasteiger partial charge in [-0.25, -0.2) is 13.4 Å². The molecule has 1 atom stereocenters. The number of carbonyl (C=O) groups is 1. The molecule has 1 fully saturated rings. The van der Waals surface area contributed by atoms with E-state index in [-0.39, 0.29) is 22.7 Å². The summed E-state index contributed by atoms with van der Waals surface area (Å²) >= 11 is 8.60. The van der Waals surface area contributed by atoms with Crippen LogP contribution in [0.4, 0.5) is 5.69 Å². The number of benzene rings is 2. The number of anilines is 1. The second kappa shape index (κ2) is 9.74. The van der Waals surface area contributed by atoms with E-state index in [0.717, 1.165) is 34.0 Å². The molecule has 1 aromatic heterocycles. The molecule has 1 amide bonds. The summed E-state index contributed by atoms with van der Waals surface area (Å²) in [6.07, 6.45) is 2.14. The molecule has 4 rings (SSSR count). The van der Waals surface area contributed by atoms with Gasteiger partial charge in [-0.05, 0) is 55.3 Å². The number of rotatable bonds is 8. The minimum Gasteiger partial charge on any atom is -0.376 e. The minimum atomic E-state index is -3.72. The van der Waals surface area contributed by atoms with Gasteiger partial charge in [-0.2, -0.15) is 0 Å². The van der Waals surface area contributed by atoms with E-state index in [1.165, 1.54) is 47.4 Å². The quantitative estimate of drug-likeness (QED) is 0.454. The molecule has 0 radical (unpaired) electrons. The standard InChI is InChI=1S/C20H20ClN3O4S3/c21-13-3-6-16(7-4-13)31(26,27)24-14-5-8-17-18(10-14)30-20(23-17)29-12-19(25)22-11-15-2-1-9-28-15/h3-8,10,15,24H,1-2,9,11-12H2,(H,22,25). The lowest BCUT2D eigenvalue weighted by atomic mass is 10.2. The van der Waals surface area contributed by atoms with E-state index in [4.69, 9.17) is 16.3 Å². The zero-order valence-corrected chi connectivity index (χ0v) is 19.5. The molecule has 0 bridgehead atoms. The van der Waals surface area contributed by atoms with Crippen molar-refractivity contribution in [2.75, 3.05) is 23.6 Å². The topological polar surface area (TPSA) is 97.4 Å². The van der Waals surface area contributed by atoms with Crippen molar-refractivity contribution in [3.63, 3.8) is 0 Å². The average molecular weight is 498 g/mol. The number of hydrogen-bond donors (Lipinski definition) is 2. The average Bonchev–Trinajstić information content (AvgIpc) is 3.40. The predicted molar refractivity (Wildman–Crippen MR) is 125 cm³/mol. The molecule has 1 aliphatic rings. The molecule has 164 valence electrons. The summed E-state index contributed by atoms with van der Waals surface area (Å²) in [5, 5.41) is 3.36. The molecule has 0 saturated carbocycles. The summed E-state index contributed by atoms with van der Waals surface area (Å²) in [4.78, 5) is 16.7. The molecule has 11 heteroatoms. The van der Waals surface area contributed by atoms with Crippen LogP contribution in [0, 0.1) is 0 Å². The maximum atomic E-state index is 12.6. The second-order valence-electron chi connectivity index (χ2n) is 6.95. The van der Waals surface area contributed by atoms with Gasteiger partial charge in [0.25, 0.3) is 10.0 Å². The number of sulfonamides is 1. The number of aromatic nitrogens is 1. The van der Waals surface area contributed by atoms with Gasteiger partial charge in [-0.15, -0.1) is 11.3 Å². The van der Waals surface area contributed by atoms with E-state index in [0.29, 0.717) is 17.3 Å². The number of ether oxygens (including phenoxy) is 1. The molecule has 3 aromatic rings. The third-order valence-corrected chi connectivity index (χ3v) is 8.43. The van der Waals surface area contributed by atoms with E-state index in [1.807, 2.05) is 0 Å². The fourth-order valence-electron chi connectivity index (χ4n) is 3.07. The van der Waals surface area contributed by atoms with Crippen molar-refractivity contribution in [1.29, 1.82) is 0 Å². The highest BCUT2D eigenvalue weighted by Crippen LogP contribution is 2.32. The Labute approximate surface area is 193 Å². The van der Waals surface area contributed by atoms with Crippen LogP contribution in [-0.4, -0.2) is 44.3 Å². The van der Waals surface area contributed by atoms with E-state index in [9.17, 15) is 13.2 Å². The Hall–Kier alpha value is -1.85. The normalized spacial score (nSPS) is 16.5. The summed E-state index contributed by atoms with van der Waals surface area (Å²) in [6.45, 7) is 1.30. The SMILES string of the molecule is O=C(CSc1nc2ccc(NS(=O)(=O)c3ccc(Cl)cc3)cc2s1)NCC1CCCO1. The highest BCUT2D eigenvalue weighted by Gasteiger charge is 2.17. The first-order chi connectivity index (χ1) is 14.9. The van der Waals surface area contributed by atoms with Crippen LogP contribution in [-0.2, 0) is 19.6 Å². The third kappa shape index (κ3) is 5.89. The van der Waals surface area contributed by atoms with Crippen molar-refractivity contribution in [2.45, 2.75) is 28.2 Å². The van der Waals surface area contributed by atoms with Crippen LogP contribution in [0.5, 0.6) is 0 Å². The van der Waals surface area contributed by atoms with Gasteiger partial charge >= 0.3 is 0 Å². The number of hydrogen-bond acceptors (Lipinski definition) is 7. The first-order valence-corrected chi connectivity index (χ1v) is 13.3. The highest BCUT2D eigenvalue weighted by molar-refractivity contribution is 8.01. The third-order valence-electron chi connectivity index (χ3n) is 4.62. The largest absolute Gasteiger partial charge is 0.376 e. The van der Waals surface area contributed by atoms with Gasteiger partial charge in [0.15, 0.2) is 4.34 Å². The Kier molecular flexibility index (Phi) is 7.02. The van der Waals surface area contributed by atoms with Crippen LogP contribution < -0.4 is 10.0 Å². The van der Waals surface area contributed by atoms with Gasteiger partial charge in [0, 0.05) is 18.2 Å². The van der Waals surface area contributed by atoms with Crippen molar-refractivity contribution in [1.82, 2.24) is 10.3 Å². The van der Waals surface area contributed by atoms with Crippen molar-refractivity contribution in [3.8, 4) is 0 Å². The molecule has 2 N–H and O–H groups in total. The van der Waals surface area contributed by atoms with Gasteiger partial charge in [0.1, 0.15) is 0 Å². The molecule has 31 heavy (non-hydrogen) atoms. The molecule has 0 spiro atoms. The number of halogens is 1. The summed E-state index contributed by atoms with van der Waals surface area (Å²) < 4.78 is 34.8. The van der Waals surface area contributed by atoms with Crippen LogP contribution in [0.15, 0.2) is 51.7 Å². The molecular weight excluding hydrogens is 478 g/mol. The molecule has 7 nitrogen and oxygen atoms in total. The van der Waals surface area contributed by atoms with Crippen LogP contribution in [0.3, 0.4) is 0 Å². The Bertz CT molecular complexity index is 1180.